The first kappa shape index (κ1) is 18.2. The molecule has 1 saturated heterocycles. The Morgan fingerprint density at radius 1 is 1.38 bits per heavy atom. The van der Waals surface area contributed by atoms with Crippen LogP contribution in [0, 0.1) is 10.1 Å². The zero-order valence-electron chi connectivity index (χ0n) is 13.5. The first-order valence-electron chi connectivity index (χ1n) is 7.50. The molecule has 0 radical (unpaired) electrons. The monoisotopic (exact) mass is 354 g/mol. The average Bonchev–Trinajstić information content (AvgIpc) is 2.55. The number of anilines is 1. The van der Waals surface area contributed by atoms with Crippen LogP contribution in [-0.2, 0) is 9.59 Å². The Bertz CT molecular complexity index is 659. The minimum absolute atomic E-state index is 0.0130. The van der Waals surface area contributed by atoms with Crippen molar-refractivity contribution in [1.29, 1.82) is 0 Å². The number of carbonyl (C=O) groups excluding carboxylic acids is 2. The third-order valence-electron chi connectivity index (χ3n) is 4.15. The van der Waals surface area contributed by atoms with Gasteiger partial charge in [-0.1, -0.05) is 11.6 Å². The van der Waals surface area contributed by atoms with E-state index in [0.29, 0.717) is 0 Å². The SMILES string of the molecule is CN1CCC(N(C)C(=O)C(=O)Nc2ccc(Cl)c([N+](=O)[O-])c2)CC1. The first-order valence-corrected chi connectivity index (χ1v) is 7.88. The van der Waals surface area contributed by atoms with Crippen molar-refractivity contribution in [1.82, 2.24) is 9.80 Å². The lowest BCUT2D eigenvalue weighted by Crippen LogP contribution is -2.47. The van der Waals surface area contributed by atoms with Crippen LogP contribution >= 0.6 is 11.6 Å². The van der Waals surface area contributed by atoms with Gasteiger partial charge in [0, 0.05) is 24.8 Å². The van der Waals surface area contributed by atoms with E-state index in [1.165, 1.54) is 17.0 Å². The van der Waals surface area contributed by atoms with Crippen LogP contribution in [0.3, 0.4) is 0 Å². The third kappa shape index (κ3) is 4.21. The summed E-state index contributed by atoms with van der Waals surface area (Å²) in [5.41, 5.74) is -0.174. The molecule has 2 amide bonds. The number of nitrogens with one attached hydrogen (secondary N) is 1. The van der Waals surface area contributed by atoms with E-state index in [1.807, 2.05) is 7.05 Å². The summed E-state index contributed by atoms with van der Waals surface area (Å²) in [6, 6.07) is 3.86. The molecule has 1 aromatic rings. The summed E-state index contributed by atoms with van der Waals surface area (Å²) in [5, 5.41) is 13.2. The van der Waals surface area contributed by atoms with E-state index in [9.17, 15) is 19.7 Å². The molecule has 1 aliphatic heterocycles. The van der Waals surface area contributed by atoms with Crippen LogP contribution in [0.1, 0.15) is 12.8 Å². The van der Waals surface area contributed by atoms with Crippen LogP contribution in [0.25, 0.3) is 0 Å². The number of hydrogen-bond acceptors (Lipinski definition) is 5. The fraction of sp³-hybridized carbons (Fsp3) is 0.467. The number of hydrogen-bond donors (Lipinski definition) is 1. The number of likely N-dealkylation sites (N-methyl/N-ethyl adjacent to an activating group) is 1. The van der Waals surface area contributed by atoms with Gasteiger partial charge in [0.15, 0.2) is 0 Å². The molecule has 1 heterocycles. The molecule has 0 aliphatic carbocycles. The predicted octanol–water partition coefficient (Wildman–Crippen LogP) is 1.74. The van der Waals surface area contributed by atoms with Gasteiger partial charge in [-0.25, -0.2) is 0 Å². The average molecular weight is 355 g/mol. The molecule has 0 bridgehead atoms. The van der Waals surface area contributed by atoms with E-state index in [2.05, 4.69) is 10.2 Å². The van der Waals surface area contributed by atoms with Gasteiger partial charge in [-0.2, -0.15) is 0 Å². The van der Waals surface area contributed by atoms with Crippen LogP contribution in [0.2, 0.25) is 5.02 Å². The lowest BCUT2D eigenvalue weighted by molar-refractivity contribution is -0.384. The molecular formula is C15H19ClN4O4. The molecular weight excluding hydrogens is 336 g/mol. The van der Waals surface area contributed by atoms with E-state index in [4.69, 9.17) is 11.6 Å². The predicted molar refractivity (Wildman–Crippen MR) is 90.0 cm³/mol. The number of benzene rings is 1. The molecule has 130 valence electrons. The Kier molecular flexibility index (Phi) is 5.74. The summed E-state index contributed by atoms with van der Waals surface area (Å²) in [6.45, 7) is 1.74. The van der Waals surface area contributed by atoms with Crippen molar-refractivity contribution >= 4 is 34.8 Å². The molecule has 0 spiro atoms. The fourth-order valence-corrected chi connectivity index (χ4v) is 2.81. The number of amides is 2. The number of nitrogens with zero attached hydrogens (tertiary/aromatic N) is 3. The molecule has 0 aromatic heterocycles. The maximum absolute atomic E-state index is 12.3. The van der Waals surface area contributed by atoms with Crippen LogP contribution in [0.15, 0.2) is 18.2 Å². The standard InChI is InChI=1S/C15H19ClN4O4/c1-18-7-5-11(6-8-18)19(2)15(22)14(21)17-10-3-4-12(16)13(9-10)20(23)24/h3-4,9,11H,5-8H2,1-2H3,(H,17,21). The van der Waals surface area contributed by atoms with Gasteiger partial charge in [-0.3, -0.25) is 19.7 Å². The Hall–Kier alpha value is -2.19. The Morgan fingerprint density at radius 3 is 2.58 bits per heavy atom. The second-order valence-corrected chi connectivity index (χ2v) is 6.24. The number of rotatable bonds is 3. The van der Waals surface area contributed by atoms with Gasteiger partial charge in [0.2, 0.25) is 0 Å². The number of nitro benzene ring substituents is 1. The molecule has 2 rings (SSSR count). The number of carbonyl (C=O) groups is 2. The summed E-state index contributed by atoms with van der Waals surface area (Å²) >= 11 is 5.72. The fourth-order valence-electron chi connectivity index (χ4n) is 2.62. The summed E-state index contributed by atoms with van der Waals surface area (Å²) in [7, 11) is 3.61. The maximum Gasteiger partial charge on any atom is 0.313 e. The highest BCUT2D eigenvalue weighted by Gasteiger charge is 2.28. The zero-order valence-corrected chi connectivity index (χ0v) is 14.2. The Morgan fingerprint density at radius 2 is 2.00 bits per heavy atom. The number of likely N-dealkylation sites (tertiary alicyclic amines) is 1. The molecule has 0 unspecified atom stereocenters. The van der Waals surface area contributed by atoms with Crippen molar-refractivity contribution in [2.45, 2.75) is 18.9 Å². The second-order valence-electron chi connectivity index (χ2n) is 5.83. The Balaban J connectivity index is 2.02. The number of piperidine rings is 1. The summed E-state index contributed by atoms with van der Waals surface area (Å²) in [4.78, 5) is 38.2. The molecule has 9 heteroatoms. The maximum atomic E-state index is 12.3. The summed E-state index contributed by atoms with van der Waals surface area (Å²) < 4.78 is 0. The van der Waals surface area contributed by atoms with E-state index >= 15 is 0 Å². The van der Waals surface area contributed by atoms with Gasteiger partial charge in [-0.05, 0) is 45.1 Å². The van der Waals surface area contributed by atoms with Gasteiger partial charge in [0.25, 0.3) is 5.69 Å². The van der Waals surface area contributed by atoms with Crippen molar-refractivity contribution in [2.75, 3.05) is 32.5 Å². The van der Waals surface area contributed by atoms with Crippen molar-refractivity contribution in [3.8, 4) is 0 Å². The number of nitro groups is 1. The van der Waals surface area contributed by atoms with Gasteiger partial charge in [0.1, 0.15) is 5.02 Å². The largest absolute Gasteiger partial charge is 0.334 e. The third-order valence-corrected chi connectivity index (χ3v) is 4.47. The lowest BCUT2D eigenvalue weighted by Gasteiger charge is -2.34. The topological polar surface area (TPSA) is 95.8 Å². The minimum Gasteiger partial charge on any atom is -0.334 e. The van der Waals surface area contributed by atoms with Gasteiger partial charge < -0.3 is 15.1 Å². The lowest BCUT2D eigenvalue weighted by atomic mass is 10.0. The van der Waals surface area contributed by atoms with Crippen LogP contribution < -0.4 is 5.32 Å². The van der Waals surface area contributed by atoms with Crippen molar-refractivity contribution in [3.63, 3.8) is 0 Å². The van der Waals surface area contributed by atoms with E-state index in [-0.39, 0.29) is 22.4 Å². The van der Waals surface area contributed by atoms with Gasteiger partial charge in [-0.15, -0.1) is 0 Å². The van der Waals surface area contributed by atoms with Gasteiger partial charge >= 0.3 is 11.8 Å². The smallest absolute Gasteiger partial charge is 0.313 e. The first-order chi connectivity index (χ1) is 11.3. The number of halogens is 1. The van der Waals surface area contributed by atoms with Crippen LogP contribution in [0.4, 0.5) is 11.4 Å². The van der Waals surface area contributed by atoms with Crippen molar-refractivity contribution < 1.29 is 14.5 Å². The normalized spacial score (nSPS) is 15.8. The molecule has 0 saturated carbocycles. The quantitative estimate of drug-likeness (QED) is 0.506. The van der Waals surface area contributed by atoms with E-state index in [0.717, 1.165) is 32.0 Å². The molecule has 0 atom stereocenters. The highest BCUT2D eigenvalue weighted by Crippen LogP contribution is 2.27. The molecule has 1 fully saturated rings. The second kappa shape index (κ2) is 7.59. The molecule has 1 aromatic carbocycles. The minimum atomic E-state index is -0.826. The highest BCUT2D eigenvalue weighted by molar-refractivity contribution is 6.39. The zero-order chi connectivity index (χ0) is 17.9. The highest BCUT2D eigenvalue weighted by atomic mass is 35.5. The molecule has 8 nitrogen and oxygen atoms in total. The van der Waals surface area contributed by atoms with Crippen LogP contribution in [0.5, 0.6) is 0 Å². The van der Waals surface area contributed by atoms with Gasteiger partial charge in [0.05, 0.1) is 4.92 Å². The van der Waals surface area contributed by atoms with Crippen molar-refractivity contribution in [3.05, 3.63) is 33.3 Å². The Labute approximate surface area is 144 Å². The van der Waals surface area contributed by atoms with Crippen LogP contribution in [-0.4, -0.2) is 59.8 Å². The van der Waals surface area contributed by atoms with E-state index < -0.39 is 16.7 Å². The van der Waals surface area contributed by atoms with E-state index in [1.54, 1.807) is 7.05 Å². The molecule has 24 heavy (non-hydrogen) atoms. The van der Waals surface area contributed by atoms with Crippen molar-refractivity contribution in [2.24, 2.45) is 0 Å². The molecule has 1 N–H and O–H groups in total. The molecule has 1 aliphatic rings. The summed E-state index contributed by atoms with van der Waals surface area (Å²) in [6.07, 6.45) is 1.61. The summed E-state index contributed by atoms with van der Waals surface area (Å²) in [5.74, 6) is -1.49.